The van der Waals surface area contributed by atoms with Crippen molar-refractivity contribution in [2.24, 2.45) is 0 Å². The summed E-state index contributed by atoms with van der Waals surface area (Å²) in [6.45, 7) is 9.59. The Hall–Kier alpha value is -5.91. The molecule has 5 atom stereocenters. The highest BCUT2D eigenvalue weighted by Crippen LogP contribution is 2.49. The van der Waals surface area contributed by atoms with Gasteiger partial charge in [-0.2, -0.15) is 4.98 Å². The van der Waals surface area contributed by atoms with Crippen LogP contribution in [0.5, 0.6) is 5.75 Å². The molecule has 0 saturated carbocycles. The summed E-state index contributed by atoms with van der Waals surface area (Å²) in [5.41, 5.74) is 6.75. The van der Waals surface area contributed by atoms with Crippen LogP contribution in [0, 0.1) is 0 Å². The number of carboxylic acid groups (broad SMARTS) is 1. The van der Waals surface area contributed by atoms with E-state index in [2.05, 4.69) is 64.5 Å². The number of carboxylic acids is 1. The predicted octanol–water partition coefficient (Wildman–Crippen LogP) is 10.2. The Balaban J connectivity index is 0.832. The van der Waals surface area contributed by atoms with E-state index < -0.39 is 12.0 Å². The lowest BCUT2D eigenvalue weighted by Gasteiger charge is -2.45. The van der Waals surface area contributed by atoms with Gasteiger partial charge in [0.05, 0.1) is 17.5 Å². The highest BCUT2D eigenvalue weighted by Gasteiger charge is 2.48. The number of anilines is 3. The van der Waals surface area contributed by atoms with Crippen LogP contribution >= 0.6 is 34.9 Å². The van der Waals surface area contributed by atoms with E-state index in [0.717, 1.165) is 99.1 Å². The molecule has 1 amide bonds. The molecular weight excluding hydrogens is 936 g/mol. The maximum absolute atomic E-state index is 13.0. The number of nitrogens with one attached hydrogen (secondary N) is 2. The number of fused-ring (bicyclic) bond motifs is 4. The molecule has 5 heterocycles. The van der Waals surface area contributed by atoms with Gasteiger partial charge in [0.15, 0.2) is 28.8 Å². The molecule has 4 aromatic carbocycles. The first-order valence-corrected chi connectivity index (χ1v) is 25.2. The Labute approximate surface area is 414 Å². The van der Waals surface area contributed by atoms with Gasteiger partial charge in [0, 0.05) is 72.6 Å². The predicted molar refractivity (Wildman–Crippen MR) is 274 cm³/mol. The number of benzene rings is 4. The lowest BCUT2D eigenvalue weighted by atomic mass is 9.84. The largest absolute Gasteiger partial charge is 0.483 e. The first-order valence-electron chi connectivity index (χ1n) is 23.1. The molecular formula is C52H55ClN6O8S2. The lowest BCUT2D eigenvalue weighted by Crippen LogP contribution is -2.49. The third-order valence-electron chi connectivity index (χ3n) is 13.6. The van der Waals surface area contributed by atoms with E-state index in [1.807, 2.05) is 78.5 Å². The Morgan fingerprint density at radius 1 is 1.14 bits per heavy atom. The van der Waals surface area contributed by atoms with Gasteiger partial charge in [0.25, 0.3) is 0 Å². The van der Waals surface area contributed by atoms with E-state index >= 15 is 0 Å². The molecule has 6 aromatic rings. The average Bonchev–Trinajstić information content (AvgIpc) is 4.15. The number of hydrogen-bond acceptors (Lipinski definition) is 14. The van der Waals surface area contributed by atoms with Gasteiger partial charge in [-0.3, -0.25) is 19.3 Å². The number of aromatic nitrogens is 1. The zero-order chi connectivity index (χ0) is 48.6. The van der Waals surface area contributed by atoms with Crippen molar-refractivity contribution in [2.75, 3.05) is 48.9 Å². The van der Waals surface area contributed by atoms with Crippen LogP contribution in [-0.2, 0) is 20.1 Å². The van der Waals surface area contributed by atoms with Gasteiger partial charge in [-0.15, -0.1) is 17.9 Å². The van der Waals surface area contributed by atoms with E-state index in [1.165, 1.54) is 0 Å². The van der Waals surface area contributed by atoms with Gasteiger partial charge in [0.2, 0.25) is 5.91 Å². The van der Waals surface area contributed by atoms with Crippen molar-refractivity contribution >= 4 is 98.6 Å². The number of halogens is 1. The third kappa shape index (κ3) is 9.57. The van der Waals surface area contributed by atoms with Gasteiger partial charge in [-0.25, -0.2) is 9.10 Å². The minimum absolute atomic E-state index is 0.0101. The van der Waals surface area contributed by atoms with E-state index in [0.29, 0.717) is 42.1 Å². The second-order valence-electron chi connectivity index (χ2n) is 18.4. The molecule has 17 heteroatoms. The van der Waals surface area contributed by atoms with Crippen molar-refractivity contribution in [2.45, 2.75) is 87.6 Å². The number of piperidine rings is 2. The molecule has 360 valence electrons. The number of allylic oxidation sites excluding steroid dienone is 1. The Morgan fingerprint density at radius 3 is 2.70 bits per heavy atom. The fourth-order valence-corrected chi connectivity index (χ4v) is 12.8. The smallest absolute Gasteiger partial charge is 0.349 e. The summed E-state index contributed by atoms with van der Waals surface area (Å²) in [7, 11) is 3.55. The third-order valence-corrected chi connectivity index (χ3v) is 16.7. The quantitative estimate of drug-likeness (QED) is 0.0399. The second-order valence-corrected chi connectivity index (χ2v) is 20.8. The molecule has 3 fully saturated rings. The minimum Gasteiger partial charge on any atom is -0.483 e. The van der Waals surface area contributed by atoms with Crippen molar-refractivity contribution < 1.29 is 38.2 Å². The number of rotatable bonds is 19. The standard InChI is InChI=1S/C52H55ClN6O8S2/c1-6-7-14-40(49(62)54-4)57(5)39-17-16-35(36-13-9-11-32(28-61)44(36)39)37-25-43-58(27-42(37)66-43)51-56-38-23-30(15-18-41(38)67-51)29-68-59-20-19-34(26-52(59,2)3)55-33-12-8-10-31(24-33)47-45(53)46(65-22-21-60)48(69-47)50(63)64/h6,8-13,15-18,21,23-24,28,34,37,40,42-43,55H,1,7,14,19-20,22,25-27,29H2,2-5H3,(H,54,62)(H,63,64). The molecule has 2 aromatic heterocycles. The first kappa shape index (κ1) is 48.1. The zero-order valence-electron chi connectivity index (χ0n) is 38.9. The number of carbonyl (C=O) groups is 4. The van der Waals surface area contributed by atoms with Crippen LogP contribution in [0.15, 0.2) is 89.9 Å². The number of oxazole rings is 1. The normalized spacial score (nSPS) is 20.2. The van der Waals surface area contributed by atoms with Crippen LogP contribution in [-0.4, -0.2) is 103 Å². The van der Waals surface area contributed by atoms with Gasteiger partial charge in [-0.05, 0) is 91.9 Å². The molecule has 3 saturated heterocycles. The van der Waals surface area contributed by atoms with E-state index in [1.54, 1.807) is 7.05 Å². The van der Waals surface area contributed by atoms with Crippen molar-refractivity contribution in [3.05, 3.63) is 112 Å². The average molecular weight is 992 g/mol. The molecule has 0 radical (unpaired) electrons. The first-order chi connectivity index (χ1) is 33.3. The Bertz CT molecular complexity index is 2940. The Morgan fingerprint density at radius 2 is 1.97 bits per heavy atom. The van der Waals surface area contributed by atoms with Crippen LogP contribution < -0.4 is 25.2 Å². The van der Waals surface area contributed by atoms with Crippen LogP contribution in [0.2, 0.25) is 5.02 Å². The lowest BCUT2D eigenvalue weighted by molar-refractivity contribution is -0.122. The number of hydrogen-bond donors (Lipinski definition) is 3. The van der Waals surface area contributed by atoms with Crippen LogP contribution in [0.3, 0.4) is 0 Å². The molecule has 5 unspecified atom stereocenters. The number of nitrogens with zero attached hydrogens (tertiary/aromatic N) is 4. The molecule has 69 heavy (non-hydrogen) atoms. The molecule has 9 rings (SSSR count). The van der Waals surface area contributed by atoms with E-state index in [-0.39, 0.29) is 58.0 Å². The van der Waals surface area contributed by atoms with Crippen LogP contribution in [0.4, 0.5) is 17.4 Å². The number of amides is 1. The summed E-state index contributed by atoms with van der Waals surface area (Å²) in [5, 5.41) is 18.2. The second kappa shape index (κ2) is 20.2. The molecule has 3 aliphatic rings. The summed E-state index contributed by atoms with van der Waals surface area (Å²) in [6, 6.07) is 24.3. The molecule has 2 bridgehead atoms. The molecule has 3 aliphatic heterocycles. The van der Waals surface area contributed by atoms with Gasteiger partial charge >= 0.3 is 12.0 Å². The topological polar surface area (TPSA) is 167 Å². The number of aromatic carboxylic acids is 1. The molecule has 3 N–H and O–H groups in total. The fourth-order valence-electron chi connectivity index (χ4n) is 10.2. The number of likely N-dealkylation sites (N-methyl/N-ethyl adjacent to an activating group) is 2. The summed E-state index contributed by atoms with van der Waals surface area (Å²) < 4.78 is 20.8. The van der Waals surface area contributed by atoms with Crippen molar-refractivity contribution in [1.82, 2.24) is 14.6 Å². The Kier molecular flexibility index (Phi) is 14.1. The molecule has 14 nitrogen and oxygen atoms in total. The van der Waals surface area contributed by atoms with Gasteiger partial charge in [0.1, 0.15) is 29.4 Å². The summed E-state index contributed by atoms with van der Waals surface area (Å²) in [4.78, 5) is 58.0. The van der Waals surface area contributed by atoms with Crippen LogP contribution in [0.1, 0.15) is 83.0 Å². The number of thiophene rings is 1. The van der Waals surface area contributed by atoms with E-state index in [4.69, 9.17) is 30.5 Å². The van der Waals surface area contributed by atoms with E-state index in [9.17, 15) is 24.3 Å². The van der Waals surface area contributed by atoms with Crippen molar-refractivity contribution in [3.63, 3.8) is 0 Å². The summed E-state index contributed by atoms with van der Waals surface area (Å²) in [5.74, 6) is -0.381. The fraction of sp³-hybridized carbons (Fsp3) is 0.365. The maximum atomic E-state index is 13.0. The highest BCUT2D eigenvalue weighted by atomic mass is 35.5. The van der Waals surface area contributed by atoms with Gasteiger partial charge < -0.3 is 34.5 Å². The van der Waals surface area contributed by atoms with Crippen molar-refractivity contribution in [1.29, 1.82) is 0 Å². The SMILES string of the molecule is C=CCCC(C(=O)NC)N(C)c1ccc(C2CC3OC2CN3c2nc3cc(CSN4CCC(Nc5cccc(-c6sc(C(=O)O)c(OCC=O)c6Cl)c5)CC4(C)C)ccc3o2)c2cccc(C=O)c12. The van der Waals surface area contributed by atoms with Crippen LogP contribution in [0.25, 0.3) is 32.3 Å². The van der Waals surface area contributed by atoms with Gasteiger partial charge in [-0.1, -0.05) is 72.1 Å². The maximum Gasteiger partial charge on any atom is 0.349 e. The number of aldehydes is 2. The number of ether oxygens (including phenoxy) is 2. The number of carbonyl (C=O) groups excluding carboxylic acids is 3. The highest BCUT2D eigenvalue weighted by molar-refractivity contribution is 7.96. The minimum atomic E-state index is -1.16. The molecule has 0 spiro atoms. The van der Waals surface area contributed by atoms with Crippen molar-refractivity contribution in [3.8, 4) is 16.2 Å². The zero-order valence-corrected chi connectivity index (χ0v) is 41.3. The summed E-state index contributed by atoms with van der Waals surface area (Å²) >= 11 is 9.45. The monoisotopic (exact) mass is 990 g/mol. The summed E-state index contributed by atoms with van der Waals surface area (Å²) in [6.07, 6.45) is 6.77. The molecule has 0 aliphatic carbocycles.